The maximum Gasteiger partial charge on any atom is 0.416 e. The second kappa shape index (κ2) is 9.32. The average molecular weight is 576 g/mol. The molecule has 0 atom stereocenters. The maximum absolute atomic E-state index is 13.4. The van der Waals surface area contributed by atoms with E-state index in [4.69, 9.17) is 0 Å². The van der Waals surface area contributed by atoms with Crippen LogP contribution in [-0.4, -0.2) is 20.2 Å². The Morgan fingerprint density at radius 2 is 1.40 bits per heavy atom. The molecule has 0 radical (unpaired) electrons. The second-order valence-corrected chi connectivity index (χ2v) is 8.46. The van der Waals surface area contributed by atoms with E-state index in [1.807, 2.05) is 0 Å². The van der Waals surface area contributed by atoms with Gasteiger partial charge in [-0.25, -0.2) is 0 Å². The molecule has 1 aromatic heterocycles. The highest BCUT2D eigenvalue weighted by Gasteiger charge is 2.37. The third-order valence-electron chi connectivity index (χ3n) is 4.86. The Balaban J connectivity index is 2.08. The van der Waals surface area contributed by atoms with Gasteiger partial charge in [-0.15, -0.1) is 5.10 Å². The van der Waals surface area contributed by atoms with E-state index < -0.39 is 47.3 Å². The minimum Gasteiger partial charge on any atom is -0.330 e. The summed E-state index contributed by atoms with van der Waals surface area (Å²) >= 11 is 3.16. The molecule has 0 spiro atoms. The summed E-state index contributed by atoms with van der Waals surface area (Å²) in [5, 5.41) is 11.2. The minimum absolute atomic E-state index is 0.0133. The van der Waals surface area contributed by atoms with E-state index >= 15 is 0 Å². The van der Waals surface area contributed by atoms with E-state index in [9.17, 15) is 39.5 Å². The van der Waals surface area contributed by atoms with Crippen molar-refractivity contribution in [1.29, 1.82) is 0 Å². The number of aryl methyl sites for hydroxylation is 2. The number of rotatable bonds is 5. The molecule has 0 saturated carbocycles. The number of alkyl halides is 9. The van der Waals surface area contributed by atoms with E-state index in [-0.39, 0.29) is 34.2 Å². The maximum atomic E-state index is 13.4. The number of halogens is 10. The Labute approximate surface area is 200 Å². The first-order valence-electron chi connectivity index (χ1n) is 9.58. The van der Waals surface area contributed by atoms with Crippen LogP contribution in [0.2, 0.25) is 0 Å². The summed E-state index contributed by atoms with van der Waals surface area (Å²) in [6, 6.07) is 3.11. The molecule has 5 nitrogen and oxygen atoms in total. The Morgan fingerprint density at radius 1 is 0.829 bits per heavy atom. The zero-order valence-corrected chi connectivity index (χ0v) is 19.4. The molecule has 1 heterocycles. The fraction of sp³-hybridized carbons (Fsp3) is 0.350. The van der Waals surface area contributed by atoms with Crippen LogP contribution < -0.4 is 4.90 Å². The van der Waals surface area contributed by atoms with E-state index in [1.54, 1.807) is 0 Å². The first kappa shape index (κ1) is 26.8. The van der Waals surface area contributed by atoms with Crippen molar-refractivity contribution in [1.82, 2.24) is 20.2 Å². The molecule has 0 amide bonds. The summed E-state index contributed by atoms with van der Waals surface area (Å²) in [6.45, 7) is 0.286. The summed E-state index contributed by atoms with van der Waals surface area (Å²) in [4.78, 5) is 2.11. The van der Waals surface area contributed by atoms with Crippen molar-refractivity contribution in [2.75, 3.05) is 4.90 Å². The molecule has 2 aromatic carbocycles. The van der Waals surface area contributed by atoms with Gasteiger partial charge >= 0.3 is 18.5 Å². The van der Waals surface area contributed by atoms with Crippen LogP contribution in [0, 0.1) is 6.92 Å². The van der Waals surface area contributed by atoms with Crippen molar-refractivity contribution in [3.63, 3.8) is 0 Å². The molecular weight excluding hydrogens is 561 g/mol. The molecule has 35 heavy (non-hydrogen) atoms. The summed E-state index contributed by atoms with van der Waals surface area (Å²) in [5.41, 5.74) is -4.42. The molecule has 0 aliphatic heterocycles. The Morgan fingerprint density at radius 3 is 1.86 bits per heavy atom. The average Bonchev–Trinajstić information content (AvgIpc) is 3.13. The van der Waals surface area contributed by atoms with Crippen LogP contribution in [0.3, 0.4) is 0 Å². The lowest BCUT2D eigenvalue weighted by molar-refractivity contribution is -0.143. The van der Waals surface area contributed by atoms with Gasteiger partial charge in [0.1, 0.15) is 0 Å². The molecule has 0 bridgehead atoms. The van der Waals surface area contributed by atoms with Crippen LogP contribution in [0.15, 0.2) is 34.8 Å². The molecule has 0 saturated heterocycles. The van der Waals surface area contributed by atoms with Crippen LogP contribution in [0.4, 0.5) is 45.5 Å². The number of benzene rings is 2. The fourth-order valence-corrected chi connectivity index (χ4v) is 3.86. The number of tetrazole rings is 1. The highest BCUT2D eigenvalue weighted by molar-refractivity contribution is 9.10. The van der Waals surface area contributed by atoms with Crippen molar-refractivity contribution in [2.45, 2.75) is 38.5 Å². The topological polar surface area (TPSA) is 46.8 Å². The lowest BCUT2D eigenvalue weighted by atomic mass is 10.0. The Kier molecular flexibility index (Phi) is 7.12. The summed E-state index contributed by atoms with van der Waals surface area (Å²) < 4.78 is 120. The molecular formula is C20H15BrF9N5. The standard InChI is InChI=1S/C20H15BrF9N5/c1-10-3-16(21)12(6-15(10)20(28,29)30)9-35(17-31-33-34(2)32-17)8-11-4-13(18(22,23)24)7-14(5-11)19(25,26)27/h3-7H,8-9H2,1-2H3. The van der Waals surface area contributed by atoms with E-state index in [0.717, 1.165) is 15.8 Å². The third kappa shape index (κ3) is 6.44. The van der Waals surface area contributed by atoms with Gasteiger partial charge in [-0.2, -0.15) is 44.3 Å². The van der Waals surface area contributed by atoms with Crippen LogP contribution in [-0.2, 0) is 38.7 Å². The summed E-state index contributed by atoms with van der Waals surface area (Å²) in [6.07, 6.45) is -14.8. The quantitative estimate of drug-likeness (QED) is 0.324. The van der Waals surface area contributed by atoms with Gasteiger partial charge in [-0.3, -0.25) is 0 Å². The molecule has 3 aromatic rings. The van der Waals surface area contributed by atoms with E-state index in [2.05, 4.69) is 31.3 Å². The SMILES string of the molecule is Cc1cc(Br)c(CN(Cc2cc(C(F)(F)F)cc(C(F)(F)F)c2)c2nnn(C)n2)cc1C(F)(F)F. The molecule has 0 N–H and O–H groups in total. The number of hydrogen-bond donors (Lipinski definition) is 0. The highest BCUT2D eigenvalue weighted by Crippen LogP contribution is 2.38. The molecule has 0 fully saturated rings. The number of anilines is 1. The molecule has 0 unspecified atom stereocenters. The van der Waals surface area contributed by atoms with Crippen molar-refractivity contribution in [3.05, 3.63) is 68.2 Å². The van der Waals surface area contributed by atoms with E-state index in [1.165, 1.54) is 20.0 Å². The zero-order chi connectivity index (χ0) is 26.3. The molecule has 3 rings (SSSR count). The minimum atomic E-state index is -5.06. The smallest absolute Gasteiger partial charge is 0.330 e. The molecule has 0 aliphatic carbocycles. The largest absolute Gasteiger partial charge is 0.416 e. The number of nitrogens with zero attached hydrogens (tertiary/aromatic N) is 5. The number of hydrogen-bond acceptors (Lipinski definition) is 4. The zero-order valence-electron chi connectivity index (χ0n) is 17.8. The first-order valence-corrected chi connectivity index (χ1v) is 10.4. The summed E-state index contributed by atoms with van der Waals surface area (Å²) in [7, 11) is 1.37. The second-order valence-electron chi connectivity index (χ2n) is 7.61. The normalized spacial score (nSPS) is 12.8. The van der Waals surface area contributed by atoms with Crippen LogP contribution in [0.25, 0.3) is 0 Å². The van der Waals surface area contributed by atoms with Gasteiger partial charge in [0.15, 0.2) is 0 Å². The molecule has 15 heteroatoms. The van der Waals surface area contributed by atoms with Gasteiger partial charge in [0.05, 0.1) is 23.7 Å². The van der Waals surface area contributed by atoms with Crippen molar-refractivity contribution < 1.29 is 39.5 Å². The lowest BCUT2D eigenvalue weighted by Gasteiger charge is -2.24. The summed E-state index contributed by atoms with van der Waals surface area (Å²) in [5.74, 6) is -0.209. The van der Waals surface area contributed by atoms with Crippen LogP contribution in [0.1, 0.15) is 33.4 Å². The number of aromatic nitrogens is 4. The van der Waals surface area contributed by atoms with E-state index in [0.29, 0.717) is 12.1 Å². The van der Waals surface area contributed by atoms with Crippen molar-refractivity contribution >= 4 is 21.9 Å². The van der Waals surface area contributed by atoms with Gasteiger partial charge < -0.3 is 4.90 Å². The predicted molar refractivity (Wildman–Crippen MR) is 109 cm³/mol. The third-order valence-corrected chi connectivity index (χ3v) is 5.60. The fourth-order valence-electron chi connectivity index (χ4n) is 3.28. The van der Waals surface area contributed by atoms with Gasteiger partial charge in [0, 0.05) is 17.6 Å². The Hall–Kier alpha value is -2.84. The van der Waals surface area contributed by atoms with Crippen LogP contribution in [0.5, 0.6) is 0 Å². The molecule has 0 aliphatic rings. The predicted octanol–water partition coefficient (Wildman–Crippen LogP) is 6.54. The highest BCUT2D eigenvalue weighted by atomic mass is 79.9. The van der Waals surface area contributed by atoms with Gasteiger partial charge in [0.2, 0.25) is 0 Å². The molecule has 190 valence electrons. The van der Waals surface area contributed by atoms with Gasteiger partial charge in [-0.05, 0) is 59.2 Å². The van der Waals surface area contributed by atoms with Crippen LogP contribution >= 0.6 is 15.9 Å². The van der Waals surface area contributed by atoms with Gasteiger partial charge in [0.25, 0.3) is 5.95 Å². The first-order chi connectivity index (χ1) is 15.9. The van der Waals surface area contributed by atoms with Crippen molar-refractivity contribution in [2.24, 2.45) is 7.05 Å². The Bertz CT molecular complexity index is 1180. The lowest BCUT2D eigenvalue weighted by Crippen LogP contribution is -2.25. The van der Waals surface area contributed by atoms with Gasteiger partial charge in [-0.1, -0.05) is 21.0 Å². The monoisotopic (exact) mass is 575 g/mol. The van der Waals surface area contributed by atoms with Crippen molar-refractivity contribution in [3.8, 4) is 0 Å².